The van der Waals surface area contributed by atoms with Crippen molar-refractivity contribution in [2.75, 3.05) is 33.3 Å². The third-order valence-corrected chi connectivity index (χ3v) is 8.13. The first-order valence-electron chi connectivity index (χ1n) is 9.21. The monoisotopic (exact) mass is 491 g/mol. The number of rotatable bonds is 7. The fraction of sp³-hybridized carbons (Fsp3) is 0.389. The van der Waals surface area contributed by atoms with E-state index in [9.17, 15) is 32.1 Å². The largest absolute Gasteiger partial charge is 0.493 e. The van der Waals surface area contributed by atoms with Gasteiger partial charge in [0.1, 0.15) is 9.77 Å². The van der Waals surface area contributed by atoms with Gasteiger partial charge in [-0.15, -0.1) is 11.3 Å². The first-order valence-corrected chi connectivity index (χ1v) is 11.5. The maximum Gasteiger partial charge on any atom is 0.387 e. The molecule has 2 heterocycles. The first kappa shape index (κ1) is 23.8. The lowest BCUT2D eigenvalue weighted by atomic mass is 10.1. The number of hydrogen-bond acceptors (Lipinski definition) is 8. The number of nitro groups is 1. The van der Waals surface area contributed by atoms with Gasteiger partial charge in [0.05, 0.1) is 18.1 Å². The summed E-state index contributed by atoms with van der Waals surface area (Å²) < 4.78 is 61.3. The van der Waals surface area contributed by atoms with Crippen molar-refractivity contribution in [3.8, 4) is 11.5 Å². The molecule has 10 nitrogen and oxygen atoms in total. The van der Waals surface area contributed by atoms with Gasteiger partial charge in [-0.25, -0.2) is 8.42 Å². The van der Waals surface area contributed by atoms with Gasteiger partial charge in [0.25, 0.3) is 21.6 Å². The van der Waals surface area contributed by atoms with Gasteiger partial charge in [0.15, 0.2) is 11.5 Å². The van der Waals surface area contributed by atoms with Crippen molar-refractivity contribution in [3.63, 3.8) is 0 Å². The number of carbonyl (C=O) groups excluding carboxylic acids is 1. The molecule has 0 radical (unpaired) electrons. The van der Waals surface area contributed by atoms with E-state index in [-0.39, 0.29) is 41.7 Å². The second-order valence-corrected chi connectivity index (χ2v) is 10.2. The minimum absolute atomic E-state index is 0.00251. The Balaban J connectivity index is 1.82. The molecule has 0 saturated carbocycles. The summed E-state index contributed by atoms with van der Waals surface area (Å²) in [6.07, 6.45) is 0. The van der Waals surface area contributed by atoms with Gasteiger partial charge in [0, 0.05) is 37.1 Å². The van der Waals surface area contributed by atoms with E-state index in [1.807, 2.05) is 0 Å². The van der Waals surface area contributed by atoms with E-state index in [1.54, 1.807) is 13.0 Å². The van der Waals surface area contributed by atoms with E-state index >= 15 is 0 Å². The fourth-order valence-corrected chi connectivity index (χ4v) is 6.06. The molecule has 1 saturated heterocycles. The van der Waals surface area contributed by atoms with Crippen LogP contribution in [-0.4, -0.2) is 68.4 Å². The van der Waals surface area contributed by atoms with Crippen LogP contribution in [-0.2, 0) is 10.0 Å². The summed E-state index contributed by atoms with van der Waals surface area (Å²) in [5.41, 5.74) is -1.10. The van der Waals surface area contributed by atoms with Crippen LogP contribution < -0.4 is 9.47 Å². The van der Waals surface area contributed by atoms with Crippen LogP contribution in [0.2, 0.25) is 0 Å². The quantitative estimate of drug-likeness (QED) is 0.431. The van der Waals surface area contributed by atoms with Crippen molar-refractivity contribution < 1.29 is 36.4 Å². The Bertz CT molecular complexity index is 1130. The van der Waals surface area contributed by atoms with Crippen LogP contribution >= 0.6 is 11.3 Å². The molecule has 1 fully saturated rings. The summed E-state index contributed by atoms with van der Waals surface area (Å²) in [5.74, 6) is -1.59. The molecule has 3 rings (SSSR count). The maximum atomic E-state index is 13.0. The van der Waals surface area contributed by atoms with Crippen LogP contribution in [0.4, 0.5) is 14.5 Å². The van der Waals surface area contributed by atoms with Crippen LogP contribution in [0, 0.1) is 17.0 Å². The van der Waals surface area contributed by atoms with Crippen LogP contribution in [0.1, 0.15) is 15.2 Å². The SMILES string of the molecule is COc1cc(C(=O)N2CCN(S(=O)(=O)c3ccc(C)s3)CC2)c([N+](=O)[O-])cc1OC(F)F. The predicted molar refractivity (Wildman–Crippen MR) is 110 cm³/mol. The Morgan fingerprint density at radius 2 is 1.84 bits per heavy atom. The zero-order valence-electron chi connectivity index (χ0n) is 17.0. The normalized spacial score (nSPS) is 15.1. The molecule has 32 heavy (non-hydrogen) atoms. The Kier molecular flexibility index (Phi) is 6.95. The smallest absolute Gasteiger partial charge is 0.387 e. The molecule has 0 N–H and O–H groups in total. The van der Waals surface area contributed by atoms with Crippen molar-refractivity contribution in [1.82, 2.24) is 9.21 Å². The van der Waals surface area contributed by atoms with Crippen LogP contribution in [0.15, 0.2) is 28.5 Å². The van der Waals surface area contributed by atoms with E-state index < -0.39 is 38.9 Å². The number of halogens is 2. The number of thiophene rings is 1. The topological polar surface area (TPSA) is 119 Å². The minimum Gasteiger partial charge on any atom is -0.493 e. The standard InChI is InChI=1S/C18H19F2N3O7S2/c1-11-3-4-16(31-11)32(27,28)22-7-5-21(6-8-22)17(24)12-9-14(29-2)15(30-18(19)20)10-13(12)23(25)26/h3-4,9-10,18H,5-8H2,1-2H3. The molecule has 0 unspecified atom stereocenters. The van der Waals surface area contributed by atoms with Gasteiger partial charge in [-0.1, -0.05) is 0 Å². The van der Waals surface area contributed by atoms with Crippen molar-refractivity contribution in [2.24, 2.45) is 0 Å². The van der Waals surface area contributed by atoms with E-state index in [4.69, 9.17) is 4.74 Å². The van der Waals surface area contributed by atoms with Crippen molar-refractivity contribution >= 4 is 33.0 Å². The van der Waals surface area contributed by atoms with E-state index in [0.717, 1.165) is 29.4 Å². The highest BCUT2D eigenvalue weighted by Crippen LogP contribution is 2.36. The number of sulfonamides is 1. The molecule has 1 aromatic heterocycles. The highest BCUT2D eigenvalue weighted by atomic mass is 32.2. The number of amides is 1. The molecule has 0 aliphatic carbocycles. The second-order valence-electron chi connectivity index (χ2n) is 6.72. The van der Waals surface area contributed by atoms with E-state index in [0.29, 0.717) is 6.07 Å². The molecule has 14 heteroatoms. The average molecular weight is 491 g/mol. The number of hydrogen-bond donors (Lipinski definition) is 0. The predicted octanol–water partition coefficient (Wildman–Crippen LogP) is 2.72. The zero-order chi connectivity index (χ0) is 23.6. The number of carbonyl (C=O) groups is 1. The van der Waals surface area contributed by atoms with E-state index in [2.05, 4.69) is 4.74 Å². The minimum atomic E-state index is -3.71. The number of alkyl halides is 2. The van der Waals surface area contributed by atoms with Gasteiger partial charge in [0.2, 0.25) is 0 Å². The molecule has 1 aliphatic heterocycles. The molecule has 0 bridgehead atoms. The number of nitro benzene ring substituents is 1. The van der Waals surface area contributed by atoms with Gasteiger partial charge in [-0.05, 0) is 19.1 Å². The molecular weight excluding hydrogens is 472 g/mol. The zero-order valence-corrected chi connectivity index (χ0v) is 18.6. The Labute approximate surface area is 186 Å². The highest BCUT2D eigenvalue weighted by Gasteiger charge is 2.34. The van der Waals surface area contributed by atoms with Crippen LogP contribution in [0.25, 0.3) is 0 Å². The molecule has 0 spiro atoms. The number of piperazine rings is 1. The summed E-state index contributed by atoms with van der Waals surface area (Å²) >= 11 is 1.14. The lowest BCUT2D eigenvalue weighted by molar-refractivity contribution is -0.385. The molecular formula is C18H19F2N3O7S2. The lowest BCUT2D eigenvalue weighted by Gasteiger charge is -2.33. The summed E-state index contributed by atoms with van der Waals surface area (Å²) in [7, 11) is -2.56. The first-order chi connectivity index (χ1) is 15.0. The van der Waals surface area contributed by atoms with Gasteiger partial charge in [-0.3, -0.25) is 14.9 Å². The van der Waals surface area contributed by atoms with Crippen LogP contribution in [0.5, 0.6) is 11.5 Å². The Morgan fingerprint density at radius 3 is 2.34 bits per heavy atom. The molecule has 1 aromatic carbocycles. The summed E-state index contributed by atoms with van der Waals surface area (Å²) in [4.78, 5) is 25.6. The second kappa shape index (κ2) is 9.34. The molecule has 0 atom stereocenters. The summed E-state index contributed by atoms with van der Waals surface area (Å²) in [5, 5.41) is 11.5. The number of benzene rings is 1. The number of aryl methyl sites for hydroxylation is 1. The van der Waals surface area contributed by atoms with Gasteiger partial charge >= 0.3 is 6.61 Å². The van der Waals surface area contributed by atoms with E-state index in [1.165, 1.54) is 15.3 Å². The number of ether oxygens (including phenoxy) is 2. The van der Waals surface area contributed by atoms with Crippen molar-refractivity contribution in [2.45, 2.75) is 17.7 Å². The molecule has 1 amide bonds. The third-order valence-electron chi connectivity index (χ3n) is 4.76. The van der Waals surface area contributed by atoms with Gasteiger partial charge in [-0.2, -0.15) is 13.1 Å². The van der Waals surface area contributed by atoms with Gasteiger partial charge < -0.3 is 14.4 Å². The summed E-state index contributed by atoms with van der Waals surface area (Å²) in [6, 6.07) is 4.89. The Morgan fingerprint density at radius 1 is 1.19 bits per heavy atom. The average Bonchev–Trinajstić information content (AvgIpc) is 3.19. The highest BCUT2D eigenvalue weighted by molar-refractivity contribution is 7.91. The lowest BCUT2D eigenvalue weighted by Crippen LogP contribution is -2.50. The molecule has 174 valence electrons. The molecule has 1 aliphatic rings. The maximum absolute atomic E-state index is 13.0. The number of methoxy groups -OCH3 is 1. The third kappa shape index (κ3) is 4.81. The van der Waals surface area contributed by atoms with Crippen LogP contribution in [0.3, 0.4) is 0 Å². The molecule has 2 aromatic rings. The van der Waals surface area contributed by atoms with Crippen molar-refractivity contribution in [3.05, 3.63) is 44.8 Å². The number of nitrogens with zero attached hydrogens (tertiary/aromatic N) is 3. The Hall–Kier alpha value is -2.84. The fourth-order valence-electron chi connectivity index (χ4n) is 3.20. The summed E-state index contributed by atoms with van der Waals surface area (Å²) in [6.45, 7) is -1.45. The van der Waals surface area contributed by atoms with Crippen molar-refractivity contribution in [1.29, 1.82) is 0 Å².